The van der Waals surface area contributed by atoms with Crippen molar-refractivity contribution in [3.05, 3.63) is 53.6 Å². The van der Waals surface area contributed by atoms with Crippen LogP contribution in [0.2, 0.25) is 0 Å². The monoisotopic (exact) mass is 340 g/mol. The standard InChI is InChI=1S/C15H11F3N2O2S/c1-2-7-20-13(22)10(12(21)19-14(20)23)8-9-5-3-4-6-11(9)15(16,17)18/h2-6,8H,1,7H2,(H,19,21,23). The zero-order valence-electron chi connectivity index (χ0n) is 11.7. The summed E-state index contributed by atoms with van der Waals surface area (Å²) in [5.74, 6) is -1.60. The molecule has 1 heterocycles. The number of carbonyl (C=O) groups excluding carboxylic acids is 2. The van der Waals surface area contributed by atoms with Crippen LogP contribution < -0.4 is 5.32 Å². The second kappa shape index (κ2) is 6.33. The molecule has 0 spiro atoms. The van der Waals surface area contributed by atoms with Gasteiger partial charge in [0.05, 0.1) is 5.56 Å². The summed E-state index contributed by atoms with van der Waals surface area (Å²) in [5, 5.41) is 2.16. The second-order valence-corrected chi connectivity index (χ2v) is 4.99. The van der Waals surface area contributed by atoms with Crippen molar-refractivity contribution in [2.75, 3.05) is 6.54 Å². The van der Waals surface area contributed by atoms with Gasteiger partial charge in [0.25, 0.3) is 11.8 Å². The summed E-state index contributed by atoms with van der Waals surface area (Å²) in [7, 11) is 0. The molecule has 1 aromatic rings. The van der Waals surface area contributed by atoms with Crippen LogP contribution in [-0.2, 0) is 15.8 Å². The Kier molecular flexibility index (Phi) is 4.65. The molecule has 1 aliphatic rings. The molecule has 0 unspecified atom stereocenters. The number of thiocarbonyl (C=S) groups is 1. The Hall–Kier alpha value is -2.48. The van der Waals surface area contributed by atoms with Crippen LogP contribution in [0.1, 0.15) is 11.1 Å². The van der Waals surface area contributed by atoms with E-state index in [0.717, 1.165) is 17.0 Å². The molecule has 0 aromatic heterocycles. The van der Waals surface area contributed by atoms with Gasteiger partial charge >= 0.3 is 6.18 Å². The van der Waals surface area contributed by atoms with Crippen molar-refractivity contribution in [2.45, 2.75) is 6.18 Å². The van der Waals surface area contributed by atoms with E-state index in [-0.39, 0.29) is 17.2 Å². The van der Waals surface area contributed by atoms with E-state index in [2.05, 4.69) is 11.9 Å². The van der Waals surface area contributed by atoms with Crippen LogP contribution in [0.3, 0.4) is 0 Å². The Labute approximate surface area is 135 Å². The molecule has 1 aliphatic heterocycles. The van der Waals surface area contributed by atoms with E-state index < -0.39 is 29.1 Å². The lowest BCUT2D eigenvalue weighted by atomic mass is 10.0. The SMILES string of the molecule is C=CCN1C(=O)C(=Cc2ccccc2C(F)(F)F)C(=O)NC1=S. The second-order valence-electron chi connectivity index (χ2n) is 4.61. The molecule has 1 fully saturated rings. The fourth-order valence-electron chi connectivity index (χ4n) is 2.03. The van der Waals surface area contributed by atoms with E-state index in [1.165, 1.54) is 24.3 Å². The number of hydrogen-bond donors (Lipinski definition) is 1. The Balaban J connectivity index is 2.50. The molecule has 2 rings (SSSR count). The highest BCUT2D eigenvalue weighted by atomic mass is 32.1. The van der Waals surface area contributed by atoms with E-state index in [4.69, 9.17) is 12.2 Å². The van der Waals surface area contributed by atoms with E-state index in [1.54, 1.807) is 0 Å². The highest BCUT2D eigenvalue weighted by molar-refractivity contribution is 7.80. The Morgan fingerprint density at radius 3 is 2.52 bits per heavy atom. The molecule has 1 saturated heterocycles. The third-order valence-corrected chi connectivity index (χ3v) is 3.39. The van der Waals surface area contributed by atoms with Crippen molar-refractivity contribution in [2.24, 2.45) is 0 Å². The molecule has 0 aliphatic carbocycles. The summed E-state index contributed by atoms with van der Waals surface area (Å²) < 4.78 is 39.0. The number of hydrogen-bond acceptors (Lipinski definition) is 3. The first kappa shape index (κ1) is 16.9. The van der Waals surface area contributed by atoms with Gasteiger partial charge in [0.2, 0.25) is 0 Å². The zero-order chi connectivity index (χ0) is 17.2. The van der Waals surface area contributed by atoms with Crippen molar-refractivity contribution in [3.63, 3.8) is 0 Å². The summed E-state index contributed by atoms with van der Waals surface area (Å²) >= 11 is 4.87. The van der Waals surface area contributed by atoms with Crippen LogP contribution in [0.5, 0.6) is 0 Å². The van der Waals surface area contributed by atoms with Crippen LogP contribution in [0, 0.1) is 0 Å². The van der Waals surface area contributed by atoms with Gasteiger partial charge in [-0.3, -0.25) is 19.8 Å². The number of halogens is 3. The number of amides is 2. The lowest BCUT2D eigenvalue weighted by Gasteiger charge is -2.28. The molecule has 1 N–H and O–H groups in total. The van der Waals surface area contributed by atoms with Crippen LogP contribution in [0.25, 0.3) is 6.08 Å². The van der Waals surface area contributed by atoms with Gasteiger partial charge in [-0.05, 0) is 29.9 Å². The third kappa shape index (κ3) is 3.48. The quantitative estimate of drug-likeness (QED) is 0.398. The van der Waals surface area contributed by atoms with E-state index >= 15 is 0 Å². The van der Waals surface area contributed by atoms with Crippen LogP contribution >= 0.6 is 12.2 Å². The first-order valence-corrected chi connectivity index (χ1v) is 6.82. The molecular weight excluding hydrogens is 329 g/mol. The minimum absolute atomic E-state index is 0.0379. The van der Waals surface area contributed by atoms with Crippen molar-refractivity contribution in [3.8, 4) is 0 Å². The molecule has 23 heavy (non-hydrogen) atoms. The summed E-state index contributed by atoms with van der Waals surface area (Å²) in [4.78, 5) is 25.2. The first-order valence-electron chi connectivity index (χ1n) is 6.41. The molecular formula is C15H11F3N2O2S. The molecule has 1 aromatic carbocycles. The van der Waals surface area contributed by atoms with E-state index in [9.17, 15) is 22.8 Å². The zero-order valence-corrected chi connectivity index (χ0v) is 12.5. The highest BCUT2D eigenvalue weighted by Gasteiger charge is 2.35. The van der Waals surface area contributed by atoms with Gasteiger partial charge in [0.15, 0.2) is 5.11 Å². The molecule has 0 radical (unpaired) electrons. The van der Waals surface area contributed by atoms with Gasteiger partial charge in [-0.15, -0.1) is 6.58 Å². The molecule has 0 saturated carbocycles. The van der Waals surface area contributed by atoms with Crippen molar-refractivity contribution < 1.29 is 22.8 Å². The fraction of sp³-hybridized carbons (Fsp3) is 0.133. The minimum atomic E-state index is -4.60. The summed E-state index contributed by atoms with van der Waals surface area (Å²) in [6.45, 7) is 3.50. The minimum Gasteiger partial charge on any atom is -0.298 e. The highest BCUT2D eigenvalue weighted by Crippen LogP contribution is 2.33. The van der Waals surface area contributed by atoms with Crippen LogP contribution in [0.15, 0.2) is 42.5 Å². The predicted octanol–water partition coefficient (Wildman–Crippen LogP) is 2.52. The topological polar surface area (TPSA) is 49.4 Å². The normalized spacial score (nSPS) is 17.4. The molecule has 2 amide bonds. The maximum atomic E-state index is 13.0. The average Bonchev–Trinajstić information content (AvgIpc) is 2.47. The molecule has 120 valence electrons. The largest absolute Gasteiger partial charge is 0.416 e. The fourth-order valence-corrected chi connectivity index (χ4v) is 2.28. The van der Waals surface area contributed by atoms with Gasteiger partial charge in [-0.1, -0.05) is 24.3 Å². The van der Waals surface area contributed by atoms with Gasteiger partial charge in [-0.2, -0.15) is 13.2 Å². The Bertz CT molecular complexity index is 726. The smallest absolute Gasteiger partial charge is 0.298 e. The Morgan fingerprint density at radius 1 is 1.26 bits per heavy atom. The van der Waals surface area contributed by atoms with Gasteiger partial charge in [0, 0.05) is 6.54 Å². The predicted molar refractivity (Wildman–Crippen MR) is 82.1 cm³/mol. The van der Waals surface area contributed by atoms with Crippen molar-refractivity contribution in [1.29, 1.82) is 0 Å². The first-order chi connectivity index (χ1) is 10.8. The van der Waals surface area contributed by atoms with Gasteiger partial charge in [-0.25, -0.2) is 0 Å². The molecule has 0 atom stereocenters. The number of carbonyl (C=O) groups is 2. The molecule has 8 heteroatoms. The van der Waals surface area contributed by atoms with Crippen molar-refractivity contribution >= 4 is 35.2 Å². The number of rotatable bonds is 3. The van der Waals surface area contributed by atoms with Gasteiger partial charge in [0.1, 0.15) is 5.57 Å². The Morgan fingerprint density at radius 2 is 1.91 bits per heavy atom. The van der Waals surface area contributed by atoms with Crippen LogP contribution in [-0.4, -0.2) is 28.4 Å². The summed E-state index contributed by atoms with van der Waals surface area (Å²) in [6, 6.07) is 4.68. The van der Waals surface area contributed by atoms with Crippen molar-refractivity contribution in [1.82, 2.24) is 10.2 Å². The average molecular weight is 340 g/mol. The number of alkyl halides is 3. The lowest BCUT2D eigenvalue weighted by molar-refractivity contribution is -0.138. The number of nitrogens with zero attached hydrogens (tertiary/aromatic N) is 1. The lowest BCUT2D eigenvalue weighted by Crippen LogP contribution is -2.53. The van der Waals surface area contributed by atoms with Crippen LogP contribution in [0.4, 0.5) is 13.2 Å². The molecule has 4 nitrogen and oxygen atoms in total. The molecule has 0 bridgehead atoms. The number of benzene rings is 1. The third-order valence-electron chi connectivity index (χ3n) is 3.06. The van der Waals surface area contributed by atoms with E-state index in [1.807, 2.05) is 0 Å². The maximum absolute atomic E-state index is 13.0. The summed E-state index contributed by atoms with van der Waals surface area (Å²) in [6.07, 6.45) is -2.29. The number of nitrogens with one attached hydrogen (secondary N) is 1. The summed E-state index contributed by atoms with van der Waals surface area (Å²) in [5.41, 5.74) is -1.63. The maximum Gasteiger partial charge on any atom is 0.416 e. The van der Waals surface area contributed by atoms with Gasteiger partial charge < -0.3 is 0 Å². The van der Waals surface area contributed by atoms with E-state index in [0.29, 0.717) is 0 Å².